The average molecular weight is 476 g/mol. The molecule has 1 aliphatic heterocycles. The fourth-order valence-corrected chi connectivity index (χ4v) is 5.17. The molecule has 6 nitrogen and oxygen atoms in total. The van der Waals surface area contributed by atoms with Gasteiger partial charge in [0.2, 0.25) is 11.8 Å². The van der Waals surface area contributed by atoms with Crippen LogP contribution in [0.25, 0.3) is 0 Å². The van der Waals surface area contributed by atoms with E-state index in [2.05, 4.69) is 17.5 Å². The molecular weight excluding hydrogens is 438 g/mol. The SMILES string of the molecule is CC(C[C@H](C)N)C(=O)N[C@H](C(=O)N1CCC[C@H]1c1cccc(Oc2ccccc2)c1)C1=CCCC1. The van der Waals surface area contributed by atoms with Gasteiger partial charge in [-0.3, -0.25) is 9.59 Å². The Morgan fingerprint density at radius 1 is 1.09 bits per heavy atom. The third kappa shape index (κ3) is 6.31. The Bertz CT molecular complexity index is 1050. The van der Waals surface area contributed by atoms with Gasteiger partial charge in [-0.25, -0.2) is 0 Å². The Labute approximate surface area is 208 Å². The quantitative estimate of drug-likeness (QED) is 0.494. The van der Waals surface area contributed by atoms with Crippen LogP contribution in [0.4, 0.5) is 0 Å². The molecule has 0 bridgehead atoms. The summed E-state index contributed by atoms with van der Waals surface area (Å²) in [5, 5.41) is 3.08. The Kier molecular flexibility index (Phi) is 8.24. The molecule has 1 aliphatic carbocycles. The van der Waals surface area contributed by atoms with E-state index in [-0.39, 0.29) is 29.8 Å². The van der Waals surface area contributed by atoms with Gasteiger partial charge < -0.3 is 20.7 Å². The maximum Gasteiger partial charge on any atom is 0.249 e. The monoisotopic (exact) mass is 475 g/mol. The van der Waals surface area contributed by atoms with Gasteiger partial charge in [-0.05, 0) is 80.9 Å². The molecule has 6 heteroatoms. The van der Waals surface area contributed by atoms with Crippen LogP contribution in [0.3, 0.4) is 0 Å². The molecule has 4 atom stereocenters. The van der Waals surface area contributed by atoms with E-state index in [1.165, 1.54) is 0 Å². The number of para-hydroxylation sites is 1. The first-order valence-electron chi connectivity index (χ1n) is 12.8. The number of carbonyl (C=O) groups excluding carboxylic acids is 2. The second-order valence-corrected chi connectivity index (χ2v) is 9.90. The number of carbonyl (C=O) groups is 2. The number of hydrogen-bond acceptors (Lipinski definition) is 4. The zero-order chi connectivity index (χ0) is 24.8. The highest BCUT2D eigenvalue weighted by atomic mass is 16.5. The molecule has 1 fully saturated rings. The normalized spacial score (nSPS) is 20.1. The summed E-state index contributed by atoms with van der Waals surface area (Å²) in [7, 11) is 0. The zero-order valence-corrected chi connectivity index (χ0v) is 20.8. The molecule has 0 spiro atoms. The lowest BCUT2D eigenvalue weighted by molar-refractivity contribution is -0.137. The smallest absolute Gasteiger partial charge is 0.249 e. The largest absolute Gasteiger partial charge is 0.457 e. The van der Waals surface area contributed by atoms with Crippen molar-refractivity contribution in [2.75, 3.05) is 6.54 Å². The van der Waals surface area contributed by atoms with E-state index < -0.39 is 6.04 Å². The maximum absolute atomic E-state index is 13.9. The van der Waals surface area contributed by atoms with Crippen molar-refractivity contribution in [2.24, 2.45) is 11.7 Å². The molecule has 0 radical (unpaired) electrons. The molecule has 1 unspecified atom stereocenters. The third-order valence-corrected chi connectivity index (χ3v) is 6.91. The zero-order valence-electron chi connectivity index (χ0n) is 20.8. The first kappa shape index (κ1) is 25.0. The van der Waals surface area contributed by atoms with Crippen LogP contribution in [0.1, 0.15) is 64.0 Å². The van der Waals surface area contributed by atoms with Crippen LogP contribution in [0.5, 0.6) is 11.5 Å². The topological polar surface area (TPSA) is 84.7 Å². The highest BCUT2D eigenvalue weighted by Crippen LogP contribution is 2.36. The average Bonchev–Trinajstić information content (AvgIpc) is 3.55. The number of amides is 2. The van der Waals surface area contributed by atoms with Crippen LogP contribution in [0.2, 0.25) is 0 Å². The van der Waals surface area contributed by atoms with Gasteiger partial charge in [-0.1, -0.05) is 43.3 Å². The molecule has 2 aliphatic rings. The summed E-state index contributed by atoms with van der Waals surface area (Å²) in [5.41, 5.74) is 8.00. The molecule has 2 amide bonds. The lowest BCUT2D eigenvalue weighted by atomic mass is 9.99. The molecular formula is C29H37N3O3. The van der Waals surface area contributed by atoms with Crippen molar-refractivity contribution in [3.05, 3.63) is 71.8 Å². The number of nitrogens with zero attached hydrogens (tertiary/aromatic N) is 1. The van der Waals surface area contributed by atoms with E-state index in [0.29, 0.717) is 13.0 Å². The standard InChI is InChI=1S/C29H37N3O3/c1-20(18-21(2)30)28(33)31-27(22-10-6-7-11-22)29(34)32-17-9-16-26(32)23-12-8-15-25(19-23)35-24-13-4-3-5-14-24/h3-5,8,10,12-15,19-21,26-27H,6-7,9,11,16-18,30H2,1-2H3,(H,31,33)/t20?,21-,26-,27-/m0/s1. The number of rotatable bonds is 9. The molecule has 2 aromatic carbocycles. The van der Waals surface area contributed by atoms with E-state index >= 15 is 0 Å². The number of nitrogens with two attached hydrogens (primary N) is 1. The highest BCUT2D eigenvalue weighted by Gasteiger charge is 2.37. The van der Waals surface area contributed by atoms with Crippen LogP contribution in [-0.4, -0.2) is 35.3 Å². The van der Waals surface area contributed by atoms with Crippen molar-refractivity contribution in [1.82, 2.24) is 10.2 Å². The van der Waals surface area contributed by atoms with Crippen molar-refractivity contribution < 1.29 is 14.3 Å². The van der Waals surface area contributed by atoms with Crippen LogP contribution in [0, 0.1) is 5.92 Å². The fraction of sp³-hybridized carbons (Fsp3) is 0.448. The first-order valence-corrected chi connectivity index (χ1v) is 12.8. The van der Waals surface area contributed by atoms with Gasteiger partial charge in [0.1, 0.15) is 17.5 Å². The van der Waals surface area contributed by atoms with E-state index in [1.54, 1.807) is 0 Å². The summed E-state index contributed by atoms with van der Waals surface area (Å²) in [6.07, 6.45) is 7.35. The molecule has 4 rings (SSSR count). The molecule has 3 N–H and O–H groups in total. The number of ether oxygens (including phenoxy) is 1. The van der Waals surface area contributed by atoms with Gasteiger partial charge in [0.15, 0.2) is 0 Å². The number of nitrogens with one attached hydrogen (secondary N) is 1. The van der Waals surface area contributed by atoms with Gasteiger partial charge in [0, 0.05) is 18.5 Å². The minimum absolute atomic E-state index is 0.0172. The number of hydrogen-bond donors (Lipinski definition) is 2. The van der Waals surface area contributed by atoms with Crippen LogP contribution >= 0.6 is 0 Å². The number of likely N-dealkylation sites (tertiary alicyclic amines) is 1. The minimum Gasteiger partial charge on any atom is -0.457 e. The molecule has 186 valence electrons. The Morgan fingerprint density at radius 3 is 2.57 bits per heavy atom. The molecule has 0 aromatic heterocycles. The van der Waals surface area contributed by atoms with E-state index in [0.717, 1.165) is 54.7 Å². The van der Waals surface area contributed by atoms with Gasteiger partial charge in [-0.15, -0.1) is 0 Å². The molecule has 35 heavy (non-hydrogen) atoms. The lowest BCUT2D eigenvalue weighted by Gasteiger charge is -2.31. The predicted octanol–water partition coefficient (Wildman–Crippen LogP) is 5.11. The first-order chi connectivity index (χ1) is 16.9. The van der Waals surface area contributed by atoms with E-state index in [1.807, 2.05) is 67.3 Å². The summed E-state index contributed by atoms with van der Waals surface area (Å²) in [6.45, 7) is 4.46. The Balaban J connectivity index is 1.52. The third-order valence-electron chi connectivity index (χ3n) is 6.91. The predicted molar refractivity (Wildman–Crippen MR) is 138 cm³/mol. The van der Waals surface area contributed by atoms with Crippen molar-refractivity contribution >= 4 is 11.8 Å². The second-order valence-electron chi connectivity index (χ2n) is 9.90. The molecule has 1 saturated heterocycles. The van der Waals surface area contributed by atoms with E-state index in [4.69, 9.17) is 10.5 Å². The molecule has 1 heterocycles. The number of allylic oxidation sites excluding steroid dienone is 1. The Hall–Kier alpha value is -3.12. The van der Waals surface area contributed by atoms with Crippen molar-refractivity contribution in [3.8, 4) is 11.5 Å². The lowest BCUT2D eigenvalue weighted by Crippen LogP contribution is -2.50. The minimum atomic E-state index is -0.607. The van der Waals surface area contributed by atoms with Gasteiger partial charge in [0.25, 0.3) is 0 Å². The highest BCUT2D eigenvalue weighted by molar-refractivity contribution is 5.91. The molecule has 0 saturated carbocycles. The van der Waals surface area contributed by atoms with E-state index in [9.17, 15) is 9.59 Å². The van der Waals surface area contributed by atoms with Gasteiger partial charge in [-0.2, -0.15) is 0 Å². The van der Waals surface area contributed by atoms with Gasteiger partial charge >= 0.3 is 0 Å². The second kappa shape index (κ2) is 11.5. The van der Waals surface area contributed by atoms with Crippen LogP contribution in [-0.2, 0) is 9.59 Å². The Morgan fingerprint density at radius 2 is 1.86 bits per heavy atom. The maximum atomic E-state index is 13.9. The van der Waals surface area contributed by atoms with Crippen molar-refractivity contribution in [2.45, 2.75) is 70.5 Å². The summed E-state index contributed by atoms with van der Waals surface area (Å²) in [4.78, 5) is 28.8. The summed E-state index contributed by atoms with van der Waals surface area (Å²) >= 11 is 0. The summed E-state index contributed by atoms with van der Waals surface area (Å²) in [6, 6.07) is 17.0. The summed E-state index contributed by atoms with van der Waals surface area (Å²) < 4.78 is 6.03. The fourth-order valence-electron chi connectivity index (χ4n) is 5.17. The van der Waals surface area contributed by atoms with Gasteiger partial charge in [0.05, 0.1) is 6.04 Å². The van der Waals surface area contributed by atoms with Crippen LogP contribution < -0.4 is 15.8 Å². The van der Waals surface area contributed by atoms with Crippen molar-refractivity contribution in [3.63, 3.8) is 0 Å². The molecule has 2 aromatic rings. The van der Waals surface area contributed by atoms with Crippen LogP contribution in [0.15, 0.2) is 66.2 Å². The number of benzene rings is 2. The van der Waals surface area contributed by atoms with Crippen molar-refractivity contribution in [1.29, 1.82) is 0 Å². The summed E-state index contributed by atoms with van der Waals surface area (Å²) in [5.74, 6) is 1.16.